The van der Waals surface area contributed by atoms with Gasteiger partial charge < -0.3 is 10.1 Å². The Balaban J connectivity index is 2.06. The molecule has 0 heterocycles. The molecule has 1 fully saturated rings. The van der Waals surface area contributed by atoms with Crippen molar-refractivity contribution in [2.45, 2.75) is 30.7 Å². The second-order valence-corrected chi connectivity index (χ2v) is 6.48. The highest BCUT2D eigenvalue weighted by Gasteiger charge is 2.24. The maximum atomic E-state index is 11.6. The molecule has 1 aliphatic carbocycles. The first-order valence-electron chi connectivity index (χ1n) is 6.36. The molecule has 0 bridgehead atoms. The van der Waals surface area contributed by atoms with Crippen LogP contribution in [0.5, 0.6) is 5.75 Å². The van der Waals surface area contributed by atoms with Gasteiger partial charge in [0.15, 0.2) is 0 Å². The standard InChI is InChI=1S/C13H18N2O4S/c1-19-11-5-4-10(6-12(11)20(14,17)18)8-15-13(16)7-9-2-3-9/h4-6,9H,2-3,7-8H2,1H3,(H,15,16)(H2,14,17,18). The summed E-state index contributed by atoms with van der Waals surface area (Å²) in [5.41, 5.74) is 0.666. The predicted molar refractivity (Wildman–Crippen MR) is 73.6 cm³/mol. The van der Waals surface area contributed by atoms with Gasteiger partial charge >= 0.3 is 0 Å². The summed E-state index contributed by atoms with van der Waals surface area (Å²) in [4.78, 5) is 11.5. The van der Waals surface area contributed by atoms with Crippen LogP contribution in [0, 0.1) is 5.92 Å². The van der Waals surface area contributed by atoms with Crippen molar-refractivity contribution in [3.63, 3.8) is 0 Å². The van der Waals surface area contributed by atoms with E-state index in [-0.39, 0.29) is 23.1 Å². The summed E-state index contributed by atoms with van der Waals surface area (Å²) in [7, 11) is -2.48. The number of carbonyl (C=O) groups is 1. The van der Waals surface area contributed by atoms with E-state index in [1.807, 2.05) is 0 Å². The van der Waals surface area contributed by atoms with Gasteiger partial charge in [-0.2, -0.15) is 0 Å². The molecule has 3 N–H and O–H groups in total. The molecule has 1 saturated carbocycles. The van der Waals surface area contributed by atoms with Gasteiger partial charge in [-0.15, -0.1) is 0 Å². The topological polar surface area (TPSA) is 98.5 Å². The lowest BCUT2D eigenvalue weighted by molar-refractivity contribution is -0.121. The fourth-order valence-corrected chi connectivity index (χ4v) is 2.66. The molecule has 1 aliphatic rings. The first-order valence-corrected chi connectivity index (χ1v) is 7.91. The van der Waals surface area contributed by atoms with E-state index in [1.54, 1.807) is 6.07 Å². The van der Waals surface area contributed by atoms with Gasteiger partial charge in [0.1, 0.15) is 10.6 Å². The fraction of sp³-hybridized carbons (Fsp3) is 0.462. The lowest BCUT2D eigenvalue weighted by Crippen LogP contribution is -2.23. The maximum Gasteiger partial charge on any atom is 0.241 e. The van der Waals surface area contributed by atoms with E-state index in [0.717, 1.165) is 12.8 Å². The first-order chi connectivity index (χ1) is 9.40. The average Bonchev–Trinajstić information content (AvgIpc) is 3.19. The van der Waals surface area contributed by atoms with Crippen LogP contribution in [-0.2, 0) is 21.4 Å². The monoisotopic (exact) mass is 298 g/mol. The Kier molecular flexibility index (Phi) is 4.29. The predicted octanol–water partition coefficient (Wildman–Crippen LogP) is 0.759. The van der Waals surface area contributed by atoms with Crippen LogP contribution in [0.25, 0.3) is 0 Å². The summed E-state index contributed by atoms with van der Waals surface area (Å²) >= 11 is 0. The Hall–Kier alpha value is -1.60. The molecule has 0 atom stereocenters. The second-order valence-electron chi connectivity index (χ2n) is 4.95. The molecule has 1 aromatic rings. The summed E-state index contributed by atoms with van der Waals surface area (Å²) in [5.74, 6) is 0.701. The zero-order valence-corrected chi connectivity index (χ0v) is 12.1. The van der Waals surface area contributed by atoms with Crippen LogP contribution in [-0.4, -0.2) is 21.4 Å². The van der Waals surface area contributed by atoms with E-state index in [4.69, 9.17) is 9.88 Å². The highest BCUT2D eigenvalue weighted by Crippen LogP contribution is 2.32. The molecule has 6 nitrogen and oxygen atoms in total. The van der Waals surface area contributed by atoms with Crippen molar-refractivity contribution in [3.05, 3.63) is 23.8 Å². The SMILES string of the molecule is COc1ccc(CNC(=O)CC2CC2)cc1S(N)(=O)=O. The van der Waals surface area contributed by atoms with E-state index in [9.17, 15) is 13.2 Å². The smallest absolute Gasteiger partial charge is 0.241 e. The van der Waals surface area contributed by atoms with Crippen LogP contribution in [0.4, 0.5) is 0 Å². The number of nitrogens with one attached hydrogen (secondary N) is 1. The molecule has 0 spiro atoms. The van der Waals surface area contributed by atoms with Crippen molar-refractivity contribution in [2.75, 3.05) is 7.11 Å². The van der Waals surface area contributed by atoms with Crippen molar-refractivity contribution in [1.29, 1.82) is 0 Å². The number of sulfonamides is 1. The van der Waals surface area contributed by atoms with Gasteiger partial charge in [-0.25, -0.2) is 13.6 Å². The molecule has 1 amide bonds. The van der Waals surface area contributed by atoms with E-state index < -0.39 is 10.0 Å². The molecule has 0 saturated heterocycles. The molecular weight excluding hydrogens is 280 g/mol. The molecule has 0 aromatic heterocycles. The van der Waals surface area contributed by atoms with Crippen molar-refractivity contribution in [3.8, 4) is 5.75 Å². The number of benzene rings is 1. The third-order valence-corrected chi connectivity index (χ3v) is 4.13. The number of nitrogens with two attached hydrogens (primary N) is 1. The Morgan fingerprint density at radius 1 is 1.45 bits per heavy atom. The summed E-state index contributed by atoms with van der Waals surface area (Å²) in [6, 6.07) is 4.65. The van der Waals surface area contributed by atoms with Crippen LogP contribution >= 0.6 is 0 Å². The highest BCUT2D eigenvalue weighted by molar-refractivity contribution is 7.89. The summed E-state index contributed by atoms with van der Waals surface area (Å²) in [6.07, 6.45) is 2.77. The number of ether oxygens (including phenoxy) is 1. The van der Waals surface area contributed by atoms with Crippen LogP contribution in [0.3, 0.4) is 0 Å². The maximum absolute atomic E-state index is 11.6. The molecule has 7 heteroatoms. The Morgan fingerprint density at radius 3 is 2.70 bits per heavy atom. The van der Waals surface area contributed by atoms with Gasteiger partial charge in [0, 0.05) is 13.0 Å². The Bertz CT molecular complexity index is 609. The number of primary sulfonamides is 1. The van der Waals surface area contributed by atoms with Crippen LogP contribution < -0.4 is 15.2 Å². The Morgan fingerprint density at radius 2 is 2.15 bits per heavy atom. The number of rotatable bonds is 6. The zero-order chi connectivity index (χ0) is 14.8. The molecule has 110 valence electrons. The second kappa shape index (κ2) is 5.80. The van der Waals surface area contributed by atoms with E-state index in [2.05, 4.69) is 5.32 Å². The van der Waals surface area contributed by atoms with Crippen LogP contribution in [0.2, 0.25) is 0 Å². The van der Waals surface area contributed by atoms with Crippen molar-refractivity contribution in [2.24, 2.45) is 11.1 Å². The van der Waals surface area contributed by atoms with Crippen molar-refractivity contribution < 1.29 is 17.9 Å². The fourth-order valence-electron chi connectivity index (χ4n) is 1.91. The highest BCUT2D eigenvalue weighted by atomic mass is 32.2. The van der Waals surface area contributed by atoms with Crippen LogP contribution in [0.15, 0.2) is 23.1 Å². The molecule has 0 aliphatic heterocycles. The quantitative estimate of drug-likeness (QED) is 0.810. The number of carbonyl (C=O) groups excluding carboxylic acids is 1. The molecular formula is C13H18N2O4S. The normalized spacial score (nSPS) is 14.9. The van der Waals surface area contributed by atoms with Gasteiger partial charge in [0.2, 0.25) is 15.9 Å². The van der Waals surface area contributed by atoms with E-state index in [0.29, 0.717) is 17.9 Å². The third-order valence-electron chi connectivity index (χ3n) is 3.20. The molecule has 2 rings (SSSR count). The number of methoxy groups -OCH3 is 1. The lowest BCUT2D eigenvalue weighted by Gasteiger charge is -2.10. The average molecular weight is 298 g/mol. The first kappa shape index (κ1) is 14.8. The van der Waals surface area contributed by atoms with Crippen molar-refractivity contribution in [1.82, 2.24) is 5.32 Å². The van der Waals surface area contributed by atoms with Crippen molar-refractivity contribution >= 4 is 15.9 Å². The minimum Gasteiger partial charge on any atom is -0.495 e. The Labute approximate surface area is 118 Å². The van der Waals surface area contributed by atoms with Gasteiger partial charge in [0.25, 0.3) is 0 Å². The number of hydrogen-bond acceptors (Lipinski definition) is 4. The number of hydrogen-bond donors (Lipinski definition) is 2. The van der Waals surface area contributed by atoms with Gasteiger partial charge in [-0.1, -0.05) is 6.07 Å². The summed E-state index contributed by atoms with van der Waals surface area (Å²) in [5, 5.41) is 7.91. The van der Waals surface area contributed by atoms with E-state index in [1.165, 1.54) is 19.2 Å². The molecule has 1 aromatic carbocycles. The molecule has 0 radical (unpaired) electrons. The van der Waals surface area contributed by atoms with Crippen LogP contribution in [0.1, 0.15) is 24.8 Å². The van der Waals surface area contributed by atoms with E-state index >= 15 is 0 Å². The molecule has 20 heavy (non-hydrogen) atoms. The van der Waals surface area contributed by atoms with Gasteiger partial charge in [0.05, 0.1) is 7.11 Å². The lowest BCUT2D eigenvalue weighted by atomic mass is 10.2. The minimum absolute atomic E-state index is 0.0135. The zero-order valence-electron chi connectivity index (χ0n) is 11.3. The largest absolute Gasteiger partial charge is 0.495 e. The summed E-state index contributed by atoms with van der Waals surface area (Å²) in [6.45, 7) is 0.276. The van der Waals surface area contributed by atoms with Gasteiger partial charge in [-0.3, -0.25) is 4.79 Å². The van der Waals surface area contributed by atoms with Gasteiger partial charge in [-0.05, 0) is 36.5 Å². The summed E-state index contributed by atoms with van der Waals surface area (Å²) < 4.78 is 27.9. The third kappa shape index (κ3) is 3.94. The minimum atomic E-state index is -3.85. The number of amides is 1. The molecule has 0 unspecified atom stereocenters.